The smallest absolute Gasteiger partial charge is 0.136 e. The van der Waals surface area contributed by atoms with Gasteiger partial charge in [-0.15, -0.1) is 0 Å². The molecule has 5 aliphatic rings. The third-order valence-electron chi connectivity index (χ3n) is 9.34. The van der Waals surface area contributed by atoms with Crippen molar-refractivity contribution in [1.82, 2.24) is 0 Å². The van der Waals surface area contributed by atoms with Crippen LogP contribution in [0.25, 0.3) is 0 Å². The molecule has 1 N–H and O–H groups in total. The lowest BCUT2D eigenvalue weighted by molar-refractivity contribution is -0.130. The second-order valence-corrected chi connectivity index (χ2v) is 9.88. The summed E-state index contributed by atoms with van der Waals surface area (Å²) in [6.07, 6.45) is 13.6. The Morgan fingerprint density at radius 2 is 2.08 bits per heavy atom. The van der Waals surface area contributed by atoms with Crippen molar-refractivity contribution in [2.75, 3.05) is 0 Å². The number of nitrogens with zero attached hydrogens (tertiary/aromatic N) is 1. The predicted octanol–water partition coefficient (Wildman–Crippen LogP) is 4.76. The van der Waals surface area contributed by atoms with Gasteiger partial charge in [-0.1, -0.05) is 31.2 Å². The molecule has 0 aromatic rings. The van der Waals surface area contributed by atoms with E-state index in [0.717, 1.165) is 25.0 Å². The van der Waals surface area contributed by atoms with Crippen LogP contribution < -0.4 is 0 Å². The predicted molar refractivity (Wildman–Crippen MR) is 97.4 cm³/mol. The molecule has 3 fully saturated rings. The average molecular weight is 339 g/mol. The van der Waals surface area contributed by atoms with Crippen LogP contribution in [0, 0.1) is 39.9 Å². The fourth-order valence-electron chi connectivity index (χ4n) is 7.85. The molecule has 0 radical (unpaired) electrons. The molecule has 0 amide bonds. The first-order chi connectivity index (χ1) is 11.9. The van der Waals surface area contributed by atoms with E-state index < -0.39 is 0 Å². The number of rotatable bonds is 1. The molecule has 0 aromatic carbocycles. The van der Waals surface area contributed by atoms with Crippen molar-refractivity contribution in [2.24, 2.45) is 45.1 Å². The summed E-state index contributed by atoms with van der Waals surface area (Å²) >= 11 is 0. The number of carbonyl (C=O) groups is 1. The van der Waals surface area contributed by atoms with Crippen LogP contribution in [0.2, 0.25) is 0 Å². The zero-order valence-corrected chi connectivity index (χ0v) is 15.6. The van der Waals surface area contributed by atoms with Crippen molar-refractivity contribution in [1.29, 1.82) is 0 Å². The third-order valence-corrected chi connectivity index (χ3v) is 9.34. The average Bonchev–Trinajstić information content (AvgIpc) is 3.27. The summed E-state index contributed by atoms with van der Waals surface area (Å²) in [7, 11) is 0. The SMILES string of the molecule is CC(=O)C12CC1CC1C3C=CC4=C/C(=N/O)CC[C@]4(C)C3CC[C@@]12C. The maximum absolute atomic E-state index is 12.5. The molecule has 25 heavy (non-hydrogen) atoms. The Morgan fingerprint density at radius 3 is 2.80 bits per heavy atom. The lowest BCUT2D eigenvalue weighted by Crippen LogP contribution is -2.51. The Hall–Kier alpha value is -1.38. The molecule has 3 saturated carbocycles. The molecule has 3 heteroatoms. The van der Waals surface area contributed by atoms with Gasteiger partial charge in [-0.05, 0) is 91.6 Å². The van der Waals surface area contributed by atoms with Gasteiger partial charge in [-0.3, -0.25) is 4.79 Å². The molecule has 0 bridgehead atoms. The van der Waals surface area contributed by atoms with Gasteiger partial charge in [0.15, 0.2) is 0 Å². The van der Waals surface area contributed by atoms with Crippen molar-refractivity contribution >= 4 is 11.5 Å². The normalized spacial score (nSPS) is 54.2. The van der Waals surface area contributed by atoms with E-state index in [0.29, 0.717) is 29.5 Å². The van der Waals surface area contributed by atoms with Crippen LogP contribution >= 0.6 is 0 Å². The number of fused-ring (bicyclic) bond motifs is 7. The number of carbonyl (C=O) groups excluding carboxylic acids is 1. The molecule has 3 nitrogen and oxygen atoms in total. The first-order valence-electron chi connectivity index (χ1n) is 9.99. The highest BCUT2D eigenvalue weighted by Crippen LogP contribution is 2.80. The Balaban J connectivity index is 1.55. The van der Waals surface area contributed by atoms with E-state index in [1.165, 1.54) is 24.8 Å². The van der Waals surface area contributed by atoms with Crippen molar-refractivity contribution in [3.63, 3.8) is 0 Å². The van der Waals surface area contributed by atoms with Crippen molar-refractivity contribution < 1.29 is 10.0 Å². The van der Waals surface area contributed by atoms with E-state index in [9.17, 15) is 4.79 Å². The first kappa shape index (κ1) is 15.8. The minimum Gasteiger partial charge on any atom is -0.411 e. The quantitative estimate of drug-likeness (QED) is 0.553. The topological polar surface area (TPSA) is 49.7 Å². The number of allylic oxidation sites excluding steroid dienone is 4. The third kappa shape index (κ3) is 1.68. The Labute approximate surface area is 150 Å². The van der Waals surface area contributed by atoms with Gasteiger partial charge in [0.25, 0.3) is 0 Å². The molecular formula is C22H29NO2. The number of oxime groups is 1. The van der Waals surface area contributed by atoms with Crippen LogP contribution in [0.4, 0.5) is 0 Å². The first-order valence-corrected chi connectivity index (χ1v) is 9.99. The molecule has 7 atom stereocenters. The van der Waals surface area contributed by atoms with Crippen molar-refractivity contribution in [2.45, 2.75) is 59.3 Å². The Kier molecular flexibility index (Phi) is 2.95. The van der Waals surface area contributed by atoms with Crippen LogP contribution in [0.15, 0.2) is 29.0 Å². The van der Waals surface area contributed by atoms with Gasteiger partial charge in [0.05, 0.1) is 5.71 Å². The second kappa shape index (κ2) is 4.66. The molecule has 134 valence electrons. The minimum atomic E-state index is 0.0107. The van der Waals surface area contributed by atoms with E-state index in [4.69, 9.17) is 5.21 Å². The zero-order chi connectivity index (χ0) is 17.6. The van der Waals surface area contributed by atoms with Crippen LogP contribution in [0.3, 0.4) is 0 Å². The maximum atomic E-state index is 12.5. The Morgan fingerprint density at radius 1 is 1.28 bits per heavy atom. The standard InChI is InChI=1S/C22H29NO2/c1-13(24)22-12-15(22)11-19-17-5-4-14-10-16(23-25)6-8-20(14,2)18(17)7-9-21(19,22)3/h4-5,10,15,17-19,25H,6-9,11-12H2,1-3H3/b23-16+/t15?,17?,18?,19?,20-,21-,22?/m0/s1. The summed E-state index contributed by atoms with van der Waals surface area (Å²) in [5.74, 6) is 3.04. The Bertz CT molecular complexity index is 749. The number of Topliss-reactive ketones (excluding diaryl/α,β-unsaturated/α-hetero) is 1. The maximum Gasteiger partial charge on any atom is 0.136 e. The van der Waals surface area contributed by atoms with Crippen molar-refractivity contribution in [3.8, 4) is 0 Å². The van der Waals surface area contributed by atoms with Crippen LogP contribution in [-0.2, 0) is 4.79 Å². The number of ketones is 1. The highest BCUT2D eigenvalue weighted by molar-refractivity contribution is 5.96. The molecule has 0 heterocycles. The van der Waals surface area contributed by atoms with Gasteiger partial charge in [-0.25, -0.2) is 0 Å². The van der Waals surface area contributed by atoms with Crippen LogP contribution in [0.5, 0.6) is 0 Å². The van der Waals surface area contributed by atoms with E-state index in [1.54, 1.807) is 0 Å². The van der Waals surface area contributed by atoms with Gasteiger partial charge >= 0.3 is 0 Å². The van der Waals surface area contributed by atoms with E-state index in [1.807, 2.05) is 6.92 Å². The second-order valence-electron chi connectivity index (χ2n) is 9.88. The zero-order valence-electron chi connectivity index (χ0n) is 15.6. The highest BCUT2D eigenvalue weighted by atomic mass is 16.4. The molecule has 0 aromatic heterocycles. The lowest BCUT2D eigenvalue weighted by Gasteiger charge is -2.57. The number of hydrogen-bond acceptors (Lipinski definition) is 3. The molecule has 5 unspecified atom stereocenters. The molecular weight excluding hydrogens is 310 g/mol. The number of hydrogen-bond donors (Lipinski definition) is 1. The van der Waals surface area contributed by atoms with Gasteiger partial charge in [0, 0.05) is 5.41 Å². The van der Waals surface area contributed by atoms with Gasteiger partial charge < -0.3 is 5.21 Å². The van der Waals surface area contributed by atoms with Gasteiger partial charge in [0.1, 0.15) is 5.78 Å². The molecule has 5 aliphatic carbocycles. The summed E-state index contributed by atoms with van der Waals surface area (Å²) in [4.78, 5) is 12.5. The van der Waals surface area contributed by atoms with Crippen LogP contribution in [0.1, 0.15) is 59.3 Å². The minimum absolute atomic E-state index is 0.0107. The molecule has 5 rings (SSSR count). The molecule has 0 spiro atoms. The largest absolute Gasteiger partial charge is 0.411 e. The fourth-order valence-corrected chi connectivity index (χ4v) is 7.85. The van der Waals surface area contributed by atoms with E-state index in [2.05, 4.69) is 37.2 Å². The summed E-state index contributed by atoms with van der Waals surface area (Å²) in [6.45, 7) is 6.70. The van der Waals surface area contributed by atoms with Gasteiger partial charge in [0.2, 0.25) is 0 Å². The summed E-state index contributed by atoms with van der Waals surface area (Å²) < 4.78 is 0. The lowest BCUT2D eigenvalue weighted by atomic mass is 9.47. The van der Waals surface area contributed by atoms with Crippen LogP contribution in [-0.4, -0.2) is 16.7 Å². The van der Waals surface area contributed by atoms with Gasteiger partial charge in [-0.2, -0.15) is 0 Å². The van der Waals surface area contributed by atoms with E-state index >= 15 is 0 Å². The fraction of sp³-hybridized carbons (Fsp3) is 0.727. The summed E-state index contributed by atoms with van der Waals surface area (Å²) in [6, 6.07) is 0. The summed E-state index contributed by atoms with van der Waals surface area (Å²) in [5.41, 5.74) is 2.58. The summed E-state index contributed by atoms with van der Waals surface area (Å²) in [5, 5.41) is 12.6. The highest BCUT2D eigenvalue weighted by Gasteiger charge is 2.76. The van der Waals surface area contributed by atoms with Crippen molar-refractivity contribution in [3.05, 3.63) is 23.8 Å². The monoisotopic (exact) mass is 339 g/mol. The molecule has 0 aliphatic heterocycles. The van der Waals surface area contributed by atoms with E-state index in [-0.39, 0.29) is 16.2 Å². The molecule has 0 saturated heterocycles.